The maximum atomic E-state index is 6.12. The zero-order valence-corrected chi connectivity index (χ0v) is 11.0. The Morgan fingerprint density at radius 2 is 2.12 bits per heavy atom. The van der Waals surface area contributed by atoms with Gasteiger partial charge < -0.3 is 10.1 Å². The molecule has 1 N–H and O–H groups in total. The number of ether oxygens (including phenoxy) is 1. The van der Waals surface area contributed by atoms with Crippen LogP contribution in [0.1, 0.15) is 33.6 Å². The fraction of sp³-hybridized carbons (Fsp3) is 0.538. The Morgan fingerprint density at radius 3 is 2.69 bits per heavy atom. The number of halogens is 1. The minimum atomic E-state index is 0.149. The van der Waals surface area contributed by atoms with Crippen molar-refractivity contribution in [1.29, 1.82) is 0 Å². The molecule has 0 saturated carbocycles. The molecule has 0 radical (unpaired) electrons. The second kappa shape index (κ2) is 6.64. The predicted molar refractivity (Wildman–Crippen MR) is 70.6 cm³/mol. The topological polar surface area (TPSA) is 21.3 Å². The molecular formula is C13H20ClNO. The van der Waals surface area contributed by atoms with Crippen LogP contribution >= 0.6 is 11.6 Å². The summed E-state index contributed by atoms with van der Waals surface area (Å²) < 4.78 is 5.57. The highest BCUT2D eigenvalue weighted by atomic mass is 35.5. The molecule has 1 aromatic carbocycles. The standard InChI is InChI=1S/C13H20ClNO/c1-4-5-8-15-11-6-7-13(12(14)9-11)16-10(2)3/h6-7,9-10,15H,4-5,8H2,1-3H3. The van der Waals surface area contributed by atoms with Gasteiger partial charge in [-0.1, -0.05) is 24.9 Å². The summed E-state index contributed by atoms with van der Waals surface area (Å²) in [4.78, 5) is 0. The Kier molecular flexibility index (Phi) is 5.47. The van der Waals surface area contributed by atoms with Crippen LogP contribution in [0.4, 0.5) is 5.69 Å². The quantitative estimate of drug-likeness (QED) is 0.748. The fourth-order valence-corrected chi connectivity index (χ4v) is 1.59. The molecule has 0 aliphatic carbocycles. The molecule has 0 spiro atoms. The number of benzene rings is 1. The molecule has 1 rings (SSSR count). The maximum absolute atomic E-state index is 6.12. The van der Waals surface area contributed by atoms with Crippen LogP contribution in [0.25, 0.3) is 0 Å². The predicted octanol–water partition coefficient (Wildman–Crippen LogP) is 4.34. The zero-order chi connectivity index (χ0) is 12.0. The van der Waals surface area contributed by atoms with Gasteiger partial charge in [-0.05, 0) is 38.5 Å². The Labute approximate surface area is 103 Å². The molecule has 0 atom stereocenters. The lowest BCUT2D eigenvalue weighted by molar-refractivity contribution is 0.242. The van der Waals surface area contributed by atoms with Crippen LogP contribution in [0.15, 0.2) is 18.2 Å². The van der Waals surface area contributed by atoms with Crippen molar-refractivity contribution < 1.29 is 4.74 Å². The van der Waals surface area contributed by atoms with Crippen molar-refractivity contribution in [1.82, 2.24) is 0 Å². The highest BCUT2D eigenvalue weighted by Crippen LogP contribution is 2.28. The van der Waals surface area contributed by atoms with Gasteiger partial charge in [0.2, 0.25) is 0 Å². The average Bonchev–Trinajstić information content (AvgIpc) is 2.22. The lowest BCUT2D eigenvalue weighted by atomic mass is 10.2. The summed E-state index contributed by atoms with van der Waals surface area (Å²) in [5, 5.41) is 3.99. The van der Waals surface area contributed by atoms with Crippen molar-refractivity contribution in [2.24, 2.45) is 0 Å². The van der Waals surface area contributed by atoms with Gasteiger partial charge in [0, 0.05) is 12.2 Å². The van der Waals surface area contributed by atoms with Crippen LogP contribution in [0.5, 0.6) is 5.75 Å². The van der Waals surface area contributed by atoms with Crippen LogP contribution in [-0.4, -0.2) is 12.6 Å². The number of hydrogen-bond acceptors (Lipinski definition) is 2. The maximum Gasteiger partial charge on any atom is 0.138 e. The Balaban J connectivity index is 2.60. The van der Waals surface area contributed by atoms with Crippen molar-refractivity contribution in [3.63, 3.8) is 0 Å². The van der Waals surface area contributed by atoms with Gasteiger partial charge in [0.25, 0.3) is 0 Å². The Bertz CT molecular complexity index is 326. The molecule has 0 saturated heterocycles. The van der Waals surface area contributed by atoms with E-state index in [4.69, 9.17) is 16.3 Å². The molecule has 2 nitrogen and oxygen atoms in total. The fourth-order valence-electron chi connectivity index (χ4n) is 1.37. The normalized spacial score (nSPS) is 10.6. The molecule has 3 heteroatoms. The van der Waals surface area contributed by atoms with Crippen molar-refractivity contribution in [3.8, 4) is 5.75 Å². The molecule has 0 amide bonds. The van der Waals surface area contributed by atoms with Crippen LogP contribution in [0.2, 0.25) is 5.02 Å². The first kappa shape index (κ1) is 13.2. The van der Waals surface area contributed by atoms with E-state index in [0.717, 1.165) is 18.0 Å². The second-order valence-corrected chi connectivity index (χ2v) is 4.50. The first-order valence-electron chi connectivity index (χ1n) is 5.83. The summed E-state index contributed by atoms with van der Waals surface area (Å²) in [7, 11) is 0. The molecule has 0 aliphatic heterocycles. The second-order valence-electron chi connectivity index (χ2n) is 4.09. The van der Waals surface area contributed by atoms with E-state index in [9.17, 15) is 0 Å². The van der Waals surface area contributed by atoms with E-state index in [-0.39, 0.29) is 6.10 Å². The van der Waals surface area contributed by atoms with E-state index in [1.54, 1.807) is 0 Å². The van der Waals surface area contributed by atoms with Gasteiger partial charge in [0.05, 0.1) is 11.1 Å². The van der Waals surface area contributed by atoms with Crippen molar-refractivity contribution in [2.45, 2.75) is 39.7 Å². The highest BCUT2D eigenvalue weighted by Gasteiger charge is 2.04. The number of unbranched alkanes of at least 4 members (excludes halogenated alkanes) is 1. The van der Waals surface area contributed by atoms with Crippen LogP contribution in [0.3, 0.4) is 0 Å². The van der Waals surface area contributed by atoms with E-state index in [1.807, 2.05) is 32.0 Å². The van der Waals surface area contributed by atoms with Crippen LogP contribution in [0, 0.1) is 0 Å². The summed E-state index contributed by atoms with van der Waals surface area (Å²) in [6, 6.07) is 5.82. The van der Waals surface area contributed by atoms with Crippen LogP contribution < -0.4 is 10.1 Å². The summed E-state index contributed by atoms with van der Waals surface area (Å²) >= 11 is 6.12. The zero-order valence-electron chi connectivity index (χ0n) is 10.2. The molecule has 0 unspecified atom stereocenters. The molecule has 16 heavy (non-hydrogen) atoms. The molecule has 0 aliphatic rings. The van der Waals surface area contributed by atoms with Crippen molar-refractivity contribution >= 4 is 17.3 Å². The average molecular weight is 242 g/mol. The third-order valence-corrected chi connectivity index (χ3v) is 2.45. The first-order chi connectivity index (χ1) is 7.63. The smallest absolute Gasteiger partial charge is 0.138 e. The number of rotatable bonds is 6. The summed E-state index contributed by atoms with van der Waals surface area (Å²) in [6.07, 6.45) is 2.51. The molecule has 90 valence electrons. The number of hydrogen-bond donors (Lipinski definition) is 1. The summed E-state index contributed by atoms with van der Waals surface area (Å²) in [6.45, 7) is 7.14. The summed E-state index contributed by atoms with van der Waals surface area (Å²) in [5.74, 6) is 0.748. The van der Waals surface area contributed by atoms with E-state index in [1.165, 1.54) is 12.8 Å². The number of anilines is 1. The van der Waals surface area contributed by atoms with Gasteiger partial charge >= 0.3 is 0 Å². The molecule has 0 heterocycles. The third kappa shape index (κ3) is 4.31. The minimum Gasteiger partial charge on any atom is -0.489 e. The van der Waals surface area contributed by atoms with Gasteiger partial charge in [-0.25, -0.2) is 0 Å². The first-order valence-corrected chi connectivity index (χ1v) is 6.21. The molecule has 0 aromatic heterocycles. The van der Waals surface area contributed by atoms with Crippen LogP contribution in [-0.2, 0) is 0 Å². The van der Waals surface area contributed by atoms with Gasteiger partial charge in [-0.3, -0.25) is 0 Å². The molecular weight excluding hydrogens is 222 g/mol. The monoisotopic (exact) mass is 241 g/mol. The van der Waals surface area contributed by atoms with Gasteiger partial charge in [-0.15, -0.1) is 0 Å². The Morgan fingerprint density at radius 1 is 1.38 bits per heavy atom. The van der Waals surface area contributed by atoms with E-state index in [2.05, 4.69) is 12.2 Å². The van der Waals surface area contributed by atoms with Gasteiger partial charge in [0.1, 0.15) is 5.75 Å². The molecule has 1 aromatic rings. The third-order valence-electron chi connectivity index (χ3n) is 2.15. The molecule has 0 fully saturated rings. The Hall–Kier alpha value is -0.890. The minimum absolute atomic E-state index is 0.149. The van der Waals surface area contributed by atoms with E-state index in [0.29, 0.717) is 5.02 Å². The van der Waals surface area contributed by atoms with Gasteiger partial charge in [0.15, 0.2) is 0 Å². The van der Waals surface area contributed by atoms with Crippen molar-refractivity contribution in [2.75, 3.05) is 11.9 Å². The summed E-state index contributed by atoms with van der Waals surface area (Å²) in [5.41, 5.74) is 1.05. The lowest BCUT2D eigenvalue weighted by Crippen LogP contribution is -2.06. The largest absolute Gasteiger partial charge is 0.489 e. The highest BCUT2D eigenvalue weighted by molar-refractivity contribution is 6.32. The van der Waals surface area contributed by atoms with Crippen molar-refractivity contribution in [3.05, 3.63) is 23.2 Å². The number of nitrogens with one attached hydrogen (secondary N) is 1. The molecule has 0 bridgehead atoms. The van der Waals surface area contributed by atoms with E-state index < -0.39 is 0 Å². The SMILES string of the molecule is CCCCNc1ccc(OC(C)C)c(Cl)c1. The van der Waals surface area contributed by atoms with E-state index >= 15 is 0 Å². The lowest BCUT2D eigenvalue weighted by Gasteiger charge is -2.13. The van der Waals surface area contributed by atoms with Gasteiger partial charge in [-0.2, -0.15) is 0 Å².